The van der Waals surface area contributed by atoms with Crippen molar-refractivity contribution < 1.29 is 75.8 Å². The van der Waals surface area contributed by atoms with Gasteiger partial charge in [-0.15, -0.1) is 0 Å². The first-order chi connectivity index (χ1) is 54.6. The zero-order valence-electron chi connectivity index (χ0n) is 73.6. The van der Waals surface area contributed by atoms with E-state index in [0.717, 1.165) is 221 Å². The van der Waals surface area contributed by atoms with E-state index >= 15 is 0 Å². The molecule has 0 aromatic heterocycles. The van der Waals surface area contributed by atoms with Crippen LogP contribution < -0.4 is 37.9 Å². The molecule has 0 saturated carbocycles. The summed E-state index contributed by atoms with van der Waals surface area (Å²) in [5.74, 6) is 4.57. The van der Waals surface area contributed by atoms with E-state index in [-0.39, 0.29) is 102 Å². The second-order valence-corrected chi connectivity index (χ2v) is 32.1. The first kappa shape index (κ1) is 95.8. The maximum absolute atomic E-state index is 7.51. The maximum Gasteiger partial charge on any atom is 0.169 e. The van der Waals surface area contributed by atoms with Gasteiger partial charge in [0, 0.05) is 74.4 Å². The SMILES string of the molecule is CCCCCCO[C@@H](C)COc1cc2c(cc1OC[C@H](C)OCCCCCC)c1c(OC[C@H](C)OCCCCCC)c(OC[C@H](C)OCCCCCC)cc3c4cc(OC[C@H](C)OCCCCCC)c(OC[C@H](C)OCCCCCC)cc4c4c(OC[C@H](C)OCCCCCC)c(OC[C@H](C)OCCCCCC)cc2c4c31. The van der Waals surface area contributed by atoms with Crippen LogP contribution in [0.3, 0.4) is 0 Å². The molecule has 6 aromatic rings. The average Bonchev–Trinajstić information content (AvgIpc) is 0.684. The van der Waals surface area contributed by atoms with Gasteiger partial charge in [0.2, 0.25) is 0 Å². The molecule has 16 nitrogen and oxygen atoms in total. The van der Waals surface area contributed by atoms with Gasteiger partial charge in [-0.2, -0.15) is 0 Å². The highest BCUT2D eigenvalue weighted by Gasteiger charge is 2.31. The lowest BCUT2D eigenvalue weighted by Gasteiger charge is -2.27. The second-order valence-electron chi connectivity index (χ2n) is 32.1. The van der Waals surface area contributed by atoms with Gasteiger partial charge in [-0.05, 0) is 175 Å². The summed E-state index contributed by atoms with van der Waals surface area (Å²) in [6.07, 6.45) is 33.5. The third-order valence-corrected chi connectivity index (χ3v) is 21.0. The van der Waals surface area contributed by atoms with Crippen LogP contribution in [0, 0.1) is 0 Å². The molecule has 6 aromatic carbocycles. The van der Waals surface area contributed by atoms with Gasteiger partial charge in [0.05, 0.1) is 48.8 Å². The first-order valence-electron chi connectivity index (χ1n) is 45.4. The highest BCUT2D eigenvalue weighted by atomic mass is 16.6. The maximum atomic E-state index is 7.51. The normalized spacial score (nSPS) is 14.2. The number of hydrogen-bond acceptors (Lipinski definition) is 16. The van der Waals surface area contributed by atoms with Gasteiger partial charge >= 0.3 is 0 Å². The lowest BCUT2D eigenvalue weighted by molar-refractivity contribution is 0.0233. The van der Waals surface area contributed by atoms with Crippen molar-refractivity contribution >= 4 is 53.9 Å². The summed E-state index contributed by atoms with van der Waals surface area (Å²) in [7, 11) is 0. The molecule has 16 heteroatoms. The molecule has 0 spiro atoms. The smallest absolute Gasteiger partial charge is 0.169 e. The minimum absolute atomic E-state index is 0.214. The summed E-state index contributed by atoms with van der Waals surface area (Å²) >= 11 is 0. The molecule has 8 atom stereocenters. The Kier molecular flexibility index (Phi) is 48.9. The summed E-state index contributed by atoms with van der Waals surface area (Å²) in [5, 5.41) is 8.83. The van der Waals surface area contributed by atoms with E-state index in [1.807, 2.05) is 0 Å². The molecule has 0 aliphatic rings. The lowest BCUT2D eigenvalue weighted by Crippen LogP contribution is -2.21. The van der Waals surface area contributed by atoms with E-state index in [1.54, 1.807) is 0 Å². The summed E-state index contributed by atoms with van der Waals surface area (Å²) in [6, 6.07) is 13.0. The van der Waals surface area contributed by atoms with Crippen molar-refractivity contribution in [2.24, 2.45) is 0 Å². The van der Waals surface area contributed by atoms with Crippen LogP contribution in [-0.4, -0.2) is 155 Å². The predicted octanol–water partition coefficient (Wildman–Crippen LogP) is 25.8. The largest absolute Gasteiger partial charge is 0.487 e. The zero-order valence-corrected chi connectivity index (χ0v) is 73.6. The Hall–Kier alpha value is -5.04. The van der Waals surface area contributed by atoms with Crippen molar-refractivity contribution in [3.8, 4) is 46.0 Å². The van der Waals surface area contributed by atoms with Gasteiger partial charge in [-0.1, -0.05) is 209 Å². The van der Waals surface area contributed by atoms with Gasteiger partial charge in [-0.3, -0.25) is 0 Å². The standard InChI is InChI=1S/C96H158O16/c1-17-25-33-41-49-97-71(9)63-105-85-57-79-81-61-89(109-67-75(13)101-53-45-37-29-21-5)96(112-70-78(16)104-56-48-40-32-24-8)94-84-60-88(108-66-74(12)100-52-44-36-28-20-4)86(106-64-72(10)98-50-42-34-26-18-2)58-80(84)82-62-90(110-68-76(14)102-54-46-38-30-22-6)95(111-69-77(15)103-55-47-39-31-23-7)93(92(82)91(81)94)83(79)59-87(85)107-65-73(11)99-51-43-35-27-19-3/h57-62,71-78H,17-56,63-70H2,1-16H3/t71-,72-,73-,74-,75-,76-,77-,78-/m0/s1. The lowest BCUT2D eigenvalue weighted by atomic mass is 9.84. The summed E-state index contributed by atoms with van der Waals surface area (Å²) < 4.78 is 111. The number of fused-ring (bicyclic) bond motifs is 6. The zero-order chi connectivity index (χ0) is 80.5. The Morgan fingerprint density at radius 1 is 0.179 bits per heavy atom. The molecule has 0 aliphatic heterocycles. The molecule has 0 saturated heterocycles. The minimum atomic E-state index is -0.267. The number of ether oxygens (including phenoxy) is 16. The second kappa shape index (κ2) is 57.1. The molecule has 0 bridgehead atoms. The molecule has 0 N–H and O–H groups in total. The van der Waals surface area contributed by atoms with Crippen LogP contribution >= 0.6 is 0 Å². The van der Waals surface area contributed by atoms with Crippen LogP contribution in [0.2, 0.25) is 0 Å². The van der Waals surface area contributed by atoms with Crippen molar-refractivity contribution in [3.05, 3.63) is 36.4 Å². The third kappa shape index (κ3) is 33.9. The molecule has 0 amide bonds. The van der Waals surface area contributed by atoms with Crippen LogP contribution in [0.25, 0.3) is 53.9 Å². The van der Waals surface area contributed by atoms with Crippen LogP contribution in [0.1, 0.15) is 316 Å². The fourth-order valence-corrected chi connectivity index (χ4v) is 14.2. The van der Waals surface area contributed by atoms with E-state index in [1.165, 1.54) is 38.5 Å². The van der Waals surface area contributed by atoms with E-state index < -0.39 is 0 Å². The Morgan fingerprint density at radius 2 is 0.339 bits per heavy atom. The van der Waals surface area contributed by atoms with Gasteiger partial charge in [0.1, 0.15) is 52.9 Å². The molecule has 0 fully saturated rings. The Balaban J connectivity index is 1.83. The highest BCUT2D eigenvalue weighted by molar-refractivity contribution is 6.42. The number of benzene rings is 6. The van der Waals surface area contributed by atoms with Crippen LogP contribution in [-0.2, 0) is 37.9 Å². The van der Waals surface area contributed by atoms with Crippen molar-refractivity contribution in [2.45, 2.75) is 365 Å². The van der Waals surface area contributed by atoms with Gasteiger partial charge in [-0.25, -0.2) is 0 Å². The van der Waals surface area contributed by atoms with Crippen molar-refractivity contribution in [1.82, 2.24) is 0 Å². The Bertz CT molecular complexity index is 3190. The molecular weight excluding hydrogens is 1410 g/mol. The number of hydrogen-bond donors (Lipinski definition) is 0. The topological polar surface area (TPSA) is 148 Å². The fourth-order valence-electron chi connectivity index (χ4n) is 14.2. The van der Waals surface area contributed by atoms with Crippen LogP contribution in [0.5, 0.6) is 46.0 Å². The molecule has 0 aliphatic carbocycles. The Morgan fingerprint density at radius 3 is 0.536 bits per heavy atom. The highest BCUT2D eigenvalue weighted by Crippen LogP contribution is 2.57. The minimum Gasteiger partial charge on any atom is -0.487 e. The molecule has 0 unspecified atom stereocenters. The summed E-state index contributed by atoms with van der Waals surface area (Å²) in [6.45, 7) is 42.0. The third-order valence-electron chi connectivity index (χ3n) is 21.0. The fraction of sp³-hybridized carbons (Fsp3) is 0.750. The van der Waals surface area contributed by atoms with E-state index in [9.17, 15) is 0 Å². The summed E-state index contributed by atoms with van der Waals surface area (Å²) in [4.78, 5) is 0. The van der Waals surface area contributed by atoms with Crippen molar-refractivity contribution in [1.29, 1.82) is 0 Å². The van der Waals surface area contributed by atoms with E-state index in [4.69, 9.17) is 75.8 Å². The molecule has 0 radical (unpaired) electrons. The van der Waals surface area contributed by atoms with Crippen LogP contribution in [0.4, 0.5) is 0 Å². The molecule has 0 heterocycles. The number of unbranched alkanes of at least 4 members (excludes halogenated alkanes) is 24. The number of rotatable bonds is 72. The van der Waals surface area contributed by atoms with Crippen LogP contribution in [0.15, 0.2) is 36.4 Å². The monoisotopic (exact) mass is 1570 g/mol. The molecular formula is C96H158O16. The van der Waals surface area contributed by atoms with Crippen molar-refractivity contribution in [2.75, 3.05) is 106 Å². The van der Waals surface area contributed by atoms with E-state index in [2.05, 4.69) is 147 Å². The molecule has 112 heavy (non-hydrogen) atoms. The quantitative estimate of drug-likeness (QED) is 0.0202. The summed E-state index contributed by atoms with van der Waals surface area (Å²) in [5.41, 5.74) is 0. The average molecular weight is 1570 g/mol. The molecule has 638 valence electrons. The Labute approximate surface area is 679 Å². The van der Waals surface area contributed by atoms with E-state index in [0.29, 0.717) is 98.9 Å². The predicted molar refractivity (Wildman–Crippen MR) is 466 cm³/mol. The van der Waals surface area contributed by atoms with Crippen molar-refractivity contribution in [3.63, 3.8) is 0 Å². The molecule has 6 rings (SSSR count). The van der Waals surface area contributed by atoms with Gasteiger partial charge in [0.15, 0.2) is 46.0 Å². The van der Waals surface area contributed by atoms with Gasteiger partial charge < -0.3 is 75.8 Å². The first-order valence-corrected chi connectivity index (χ1v) is 45.4. The van der Waals surface area contributed by atoms with Gasteiger partial charge in [0.25, 0.3) is 0 Å².